The lowest BCUT2D eigenvalue weighted by Crippen LogP contribution is -2.11. The van der Waals surface area contributed by atoms with E-state index in [1.165, 1.54) is 25.3 Å². The lowest BCUT2D eigenvalue weighted by Gasteiger charge is -2.10. The number of carbonyl (C=O) groups is 1. The monoisotopic (exact) mass is 283 g/mol. The molecule has 0 aliphatic heterocycles. The molecule has 0 heterocycles. The molecule has 106 valence electrons. The van der Waals surface area contributed by atoms with Crippen molar-refractivity contribution in [2.75, 3.05) is 7.11 Å². The summed E-state index contributed by atoms with van der Waals surface area (Å²) in [6.07, 6.45) is 0. The van der Waals surface area contributed by atoms with E-state index in [1.54, 1.807) is 31.2 Å². The van der Waals surface area contributed by atoms with Gasteiger partial charge in [-0.3, -0.25) is 4.79 Å². The number of carbonyl (C=O) groups excluding carboxylic acids is 1. The fraction of sp³-hybridized carbons (Fsp3) is 0.176. The summed E-state index contributed by atoms with van der Waals surface area (Å²) < 4.78 is 18.6. The summed E-state index contributed by atoms with van der Waals surface area (Å²) >= 11 is 0. The highest BCUT2D eigenvalue weighted by atomic mass is 19.1. The maximum absolute atomic E-state index is 13.6. The Kier molecular flexibility index (Phi) is 4.34. The zero-order valence-corrected chi connectivity index (χ0v) is 11.8. The number of halogens is 1. The number of nitrogens with zero attached hydrogens (tertiary/aromatic N) is 1. The van der Waals surface area contributed by atoms with Crippen molar-refractivity contribution in [3.05, 3.63) is 65.0 Å². The van der Waals surface area contributed by atoms with E-state index in [2.05, 4.69) is 0 Å². The van der Waals surface area contributed by atoms with Gasteiger partial charge < -0.3 is 4.74 Å². The molecular weight excluding hydrogens is 269 g/mol. The van der Waals surface area contributed by atoms with Crippen LogP contribution >= 0.6 is 0 Å². The summed E-state index contributed by atoms with van der Waals surface area (Å²) in [5.74, 6) is -1.18. The normalized spacial score (nSPS) is 11.5. The number of methoxy groups -OCH3 is 1. The van der Waals surface area contributed by atoms with E-state index in [4.69, 9.17) is 4.74 Å². The third kappa shape index (κ3) is 3.09. The molecule has 0 radical (unpaired) electrons. The van der Waals surface area contributed by atoms with Gasteiger partial charge in [0.25, 0.3) is 0 Å². The van der Waals surface area contributed by atoms with E-state index < -0.39 is 17.5 Å². The average molecular weight is 283 g/mol. The average Bonchev–Trinajstić information content (AvgIpc) is 2.51. The number of ketones is 1. The number of aryl methyl sites for hydroxylation is 1. The zero-order chi connectivity index (χ0) is 15.4. The maximum Gasteiger partial charge on any atom is 0.184 e. The van der Waals surface area contributed by atoms with E-state index >= 15 is 0 Å². The fourth-order valence-corrected chi connectivity index (χ4v) is 1.99. The van der Waals surface area contributed by atoms with E-state index in [0.717, 1.165) is 0 Å². The number of hydrogen-bond acceptors (Lipinski definition) is 3. The molecule has 21 heavy (non-hydrogen) atoms. The molecule has 0 aliphatic carbocycles. The summed E-state index contributed by atoms with van der Waals surface area (Å²) in [5.41, 5.74) is 1.22. The molecule has 2 aromatic carbocycles. The van der Waals surface area contributed by atoms with Gasteiger partial charge in [-0.05, 0) is 36.2 Å². The Morgan fingerprint density at radius 2 is 1.90 bits per heavy atom. The Morgan fingerprint density at radius 3 is 2.43 bits per heavy atom. The highest BCUT2D eigenvalue weighted by molar-refractivity contribution is 6.02. The molecular formula is C17H14FNO2. The van der Waals surface area contributed by atoms with Crippen LogP contribution in [0.1, 0.15) is 27.4 Å². The summed E-state index contributed by atoms with van der Waals surface area (Å²) in [6.45, 7) is 1.62. The van der Waals surface area contributed by atoms with Gasteiger partial charge in [-0.15, -0.1) is 0 Å². The Hall–Kier alpha value is -2.67. The van der Waals surface area contributed by atoms with Crippen LogP contribution in [0.3, 0.4) is 0 Å². The van der Waals surface area contributed by atoms with Gasteiger partial charge in [-0.25, -0.2) is 4.39 Å². The lowest BCUT2D eigenvalue weighted by molar-refractivity contribution is 0.0978. The topological polar surface area (TPSA) is 50.1 Å². The van der Waals surface area contributed by atoms with Gasteiger partial charge in [-0.2, -0.15) is 5.26 Å². The summed E-state index contributed by atoms with van der Waals surface area (Å²) in [6, 6.07) is 12.9. The van der Waals surface area contributed by atoms with Crippen LogP contribution in [0.2, 0.25) is 0 Å². The first-order chi connectivity index (χ1) is 10.1. The molecule has 0 amide bonds. The van der Waals surface area contributed by atoms with Crippen LogP contribution in [0.15, 0.2) is 42.5 Å². The van der Waals surface area contributed by atoms with Gasteiger partial charge in [0, 0.05) is 5.56 Å². The zero-order valence-electron chi connectivity index (χ0n) is 11.8. The van der Waals surface area contributed by atoms with E-state index in [0.29, 0.717) is 16.9 Å². The van der Waals surface area contributed by atoms with Crippen LogP contribution in [0.25, 0.3) is 0 Å². The number of rotatable bonds is 4. The predicted octanol–water partition coefficient (Wildman–Crippen LogP) is 3.63. The van der Waals surface area contributed by atoms with Crippen molar-refractivity contribution in [3.8, 4) is 11.8 Å². The minimum atomic E-state index is -0.960. The highest BCUT2D eigenvalue weighted by Crippen LogP contribution is 2.23. The number of Topliss-reactive ketones (excluding diaryl/α,β-unsaturated/α-hetero) is 1. The van der Waals surface area contributed by atoms with Crippen molar-refractivity contribution in [2.45, 2.75) is 12.8 Å². The van der Waals surface area contributed by atoms with Gasteiger partial charge in [0.2, 0.25) is 0 Å². The standard InChI is InChI=1S/C17H14FNO2/c1-11-3-4-13(9-16(11)18)17(20)15(10-19)12-5-7-14(21-2)8-6-12/h3-9,15H,1-2H3. The van der Waals surface area contributed by atoms with Gasteiger partial charge in [0.05, 0.1) is 13.2 Å². The van der Waals surface area contributed by atoms with Crippen molar-refractivity contribution in [2.24, 2.45) is 0 Å². The number of benzene rings is 2. The molecule has 3 nitrogen and oxygen atoms in total. The molecule has 0 N–H and O–H groups in total. The molecule has 2 rings (SSSR count). The van der Waals surface area contributed by atoms with Gasteiger partial charge in [0.15, 0.2) is 5.78 Å². The van der Waals surface area contributed by atoms with Crippen molar-refractivity contribution in [3.63, 3.8) is 0 Å². The molecule has 2 aromatic rings. The first-order valence-electron chi connectivity index (χ1n) is 6.40. The molecule has 0 aliphatic rings. The summed E-state index contributed by atoms with van der Waals surface area (Å²) in [5, 5.41) is 9.27. The van der Waals surface area contributed by atoms with E-state index in [1.807, 2.05) is 6.07 Å². The summed E-state index contributed by atoms with van der Waals surface area (Å²) in [7, 11) is 1.54. The molecule has 0 fully saturated rings. The Bertz CT molecular complexity index is 702. The van der Waals surface area contributed by atoms with Gasteiger partial charge >= 0.3 is 0 Å². The highest BCUT2D eigenvalue weighted by Gasteiger charge is 2.22. The number of nitriles is 1. The molecule has 1 atom stereocenters. The van der Waals surface area contributed by atoms with Crippen molar-refractivity contribution >= 4 is 5.78 Å². The maximum atomic E-state index is 13.6. The van der Waals surface area contributed by atoms with Gasteiger partial charge in [-0.1, -0.05) is 24.3 Å². The second kappa shape index (κ2) is 6.19. The SMILES string of the molecule is COc1ccc(C(C#N)C(=O)c2ccc(C)c(F)c2)cc1. The Morgan fingerprint density at radius 1 is 1.24 bits per heavy atom. The smallest absolute Gasteiger partial charge is 0.184 e. The second-order valence-electron chi connectivity index (χ2n) is 4.66. The lowest BCUT2D eigenvalue weighted by atomic mass is 9.91. The van der Waals surface area contributed by atoms with Crippen LogP contribution in [0.4, 0.5) is 4.39 Å². The van der Waals surface area contributed by atoms with Crippen LogP contribution in [0, 0.1) is 24.1 Å². The third-order valence-electron chi connectivity index (χ3n) is 3.30. The van der Waals surface area contributed by atoms with Crippen molar-refractivity contribution in [1.82, 2.24) is 0 Å². The Balaban J connectivity index is 2.33. The minimum absolute atomic E-state index is 0.195. The second-order valence-corrected chi connectivity index (χ2v) is 4.66. The Labute approximate surface area is 122 Å². The van der Waals surface area contributed by atoms with Crippen LogP contribution in [0.5, 0.6) is 5.75 Å². The third-order valence-corrected chi connectivity index (χ3v) is 3.30. The molecule has 0 aromatic heterocycles. The van der Waals surface area contributed by atoms with Crippen LogP contribution in [-0.2, 0) is 0 Å². The van der Waals surface area contributed by atoms with Crippen molar-refractivity contribution in [1.29, 1.82) is 5.26 Å². The molecule has 4 heteroatoms. The largest absolute Gasteiger partial charge is 0.497 e. The molecule has 1 unspecified atom stereocenters. The number of ether oxygens (including phenoxy) is 1. The van der Waals surface area contributed by atoms with E-state index in [9.17, 15) is 14.4 Å². The van der Waals surface area contributed by atoms with Gasteiger partial charge in [0.1, 0.15) is 17.5 Å². The first-order valence-corrected chi connectivity index (χ1v) is 6.40. The first kappa shape index (κ1) is 14.7. The van der Waals surface area contributed by atoms with Crippen molar-refractivity contribution < 1.29 is 13.9 Å². The molecule has 0 saturated heterocycles. The molecule has 0 bridgehead atoms. The predicted molar refractivity (Wildman–Crippen MR) is 76.8 cm³/mol. The van der Waals surface area contributed by atoms with Crippen LogP contribution in [-0.4, -0.2) is 12.9 Å². The quantitative estimate of drug-likeness (QED) is 0.805. The molecule has 0 saturated carbocycles. The molecule has 0 spiro atoms. The van der Waals surface area contributed by atoms with E-state index in [-0.39, 0.29) is 5.56 Å². The van der Waals surface area contributed by atoms with Crippen LogP contribution < -0.4 is 4.74 Å². The number of hydrogen-bond donors (Lipinski definition) is 0. The fourth-order valence-electron chi connectivity index (χ4n) is 1.99. The minimum Gasteiger partial charge on any atom is -0.497 e. The summed E-state index contributed by atoms with van der Waals surface area (Å²) in [4.78, 5) is 12.4.